The van der Waals surface area contributed by atoms with E-state index in [9.17, 15) is 9.59 Å². The number of aromatic nitrogens is 2. The minimum Gasteiger partial charge on any atom is -0.481 e. The Morgan fingerprint density at radius 2 is 2.05 bits per heavy atom. The lowest BCUT2D eigenvalue weighted by Crippen LogP contribution is -2.39. The molecular formula is C13H17N3O3. The molecule has 2 atom stereocenters. The van der Waals surface area contributed by atoms with Gasteiger partial charge in [-0.25, -0.2) is 0 Å². The number of amides is 1. The summed E-state index contributed by atoms with van der Waals surface area (Å²) in [7, 11) is 0. The average molecular weight is 263 g/mol. The third kappa shape index (κ3) is 3.49. The summed E-state index contributed by atoms with van der Waals surface area (Å²) in [6.45, 7) is 0.287. The number of carbonyl (C=O) groups is 2. The second-order valence-corrected chi connectivity index (χ2v) is 4.77. The number of nitrogens with zero attached hydrogens (tertiary/aromatic N) is 2. The summed E-state index contributed by atoms with van der Waals surface area (Å²) in [4.78, 5) is 23.2. The fraction of sp³-hybridized carbons (Fsp3) is 0.538. The van der Waals surface area contributed by atoms with Crippen LogP contribution in [0.25, 0.3) is 0 Å². The Morgan fingerprint density at radius 3 is 2.68 bits per heavy atom. The van der Waals surface area contributed by atoms with Gasteiger partial charge in [-0.3, -0.25) is 9.59 Å². The first kappa shape index (κ1) is 13.5. The summed E-state index contributed by atoms with van der Waals surface area (Å²) in [5.41, 5.74) is 0.665. The minimum atomic E-state index is -0.876. The maximum atomic E-state index is 12.1. The van der Waals surface area contributed by atoms with E-state index in [4.69, 9.17) is 5.11 Å². The molecular weight excluding hydrogens is 246 g/mol. The van der Waals surface area contributed by atoms with E-state index in [0.29, 0.717) is 18.5 Å². The maximum Gasteiger partial charge on any atom is 0.307 e. The summed E-state index contributed by atoms with van der Waals surface area (Å²) < 4.78 is 0. The van der Waals surface area contributed by atoms with Gasteiger partial charge in [0.25, 0.3) is 0 Å². The van der Waals surface area contributed by atoms with Crippen LogP contribution in [0, 0.1) is 11.8 Å². The number of hydrogen-bond acceptors (Lipinski definition) is 4. The van der Waals surface area contributed by atoms with E-state index in [2.05, 4.69) is 15.5 Å². The maximum absolute atomic E-state index is 12.1. The van der Waals surface area contributed by atoms with Crippen LogP contribution in [0.15, 0.2) is 18.3 Å². The molecule has 0 aliphatic heterocycles. The van der Waals surface area contributed by atoms with Gasteiger partial charge in [0.1, 0.15) is 0 Å². The molecule has 6 nitrogen and oxygen atoms in total. The van der Waals surface area contributed by atoms with Gasteiger partial charge in [0.05, 0.1) is 24.1 Å². The van der Waals surface area contributed by atoms with Gasteiger partial charge in [-0.15, -0.1) is 0 Å². The highest BCUT2D eigenvalue weighted by atomic mass is 16.4. The highest BCUT2D eigenvalue weighted by molar-refractivity contribution is 5.84. The Hall–Kier alpha value is -1.98. The van der Waals surface area contributed by atoms with Gasteiger partial charge in [-0.1, -0.05) is 12.8 Å². The highest BCUT2D eigenvalue weighted by Gasteiger charge is 2.35. The van der Waals surface area contributed by atoms with Crippen LogP contribution in [0.1, 0.15) is 31.4 Å². The molecule has 0 bridgehead atoms. The quantitative estimate of drug-likeness (QED) is 0.845. The molecule has 1 fully saturated rings. The van der Waals surface area contributed by atoms with Gasteiger partial charge >= 0.3 is 5.97 Å². The molecule has 2 unspecified atom stereocenters. The monoisotopic (exact) mass is 263 g/mol. The third-order valence-corrected chi connectivity index (χ3v) is 3.49. The van der Waals surface area contributed by atoms with Crippen LogP contribution >= 0.6 is 0 Å². The van der Waals surface area contributed by atoms with E-state index in [-0.39, 0.29) is 12.5 Å². The summed E-state index contributed by atoms with van der Waals surface area (Å²) in [5, 5.41) is 19.5. The molecule has 0 saturated heterocycles. The fourth-order valence-corrected chi connectivity index (χ4v) is 2.48. The molecule has 0 aromatic carbocycles. The van der Waals surface area contributed by atoms with Crippen molar-refractivity contribution in [3.8, 4) is 0 Å². The van der Waals surface area contributed by atoms with Crippen LogP contribution in [0.5, 0.6) is 0 Å². The van der Waals surface area contributed by atoms with Gasteiger partial charge in [-0.2, -0.15) is 10.2 Å². The second kappa shape index (κ2) is 6.26. The first-order valence-electron chi connectivity index (χ1n) is 6.45. The molecule has 2 rings (SSSR count). The molecule has 2 N–H and O–H groups in total. The zero-order chi connectivity index (χ0) is 13.7. The molecule has 1 amide bonds. The second-order valence-electron chi connectivity index (χ2n) is 4.77. The number of carboxylic acid groups (broad SMARTS) is 1. The van der Waals surface area contributed by atoms with E-state index < -0.39 is 17.8 Å². The number of carboxylic acids is 1. The van der Waals surface area contributed by atoms with E-state index in [0.717, 1.165) is 12.8 Å². The minimum absolute atomic E-state index is 0.197. The van der Waals surface area contributed by atoms with Crippen molar-refractivity contribution in [1.82, 2.24) is 15.5 Å². The zero-order valence-electron chi connectivity index (χ0n) is 10.6. The molecule has 1 aromatic rings. The molecule has 1 aromatic heterocycles. The molecule has 1 saturated carbocycles. The van der Waals surface area contributed by atoms with Crippen molar-refractivity contribution < 1.29 is 14.7 Å². The number of nitrogens with one attached hydrogen (secondary N) is 1. The van der Waals surface area contributed by atoms with E-state index in [1.54, 1.807) is 18.3 Å². The molecule has 102 valence electrons. The van der Waals surface area contributed by atoms with Crippen molar-refractivity contribution >= 4 is 11.9 Å². The van der Waals surface area contributed by atoms with Crippen molar-refractivity contribution in [2.45, 2.75) is 32.2 Å². The van der Waals surface area contributed by atoms with E-state index in [1.807, 2.05) is 0 Å². The Morgan fingerprint density at radius 1 is 1.32 bits per heavy atom. The van der Waals surface area contributed by atoms with Crippen molar-refractivity contribution in [2.24, 2.45) is 11.8 Å². The Balaban J connectivity index is 1.93. The molecule has 1 heterocycles. The number of hydrogen-bond donors (Lipinski definition) is 2. The third-order valence-electron chi connectivity index (χ3n) is 3.49. The predicted molar refractivity (Wildman–Crippen MR) is 67.0 cm³/mol. The first-order chi connectivity index (χ1) is 9.18. The van der Waals surface area contributed by atoms with Gasteiger partial charge < -0.3 is 10.4 Å². The van der Waals surface area contributed by atoms with Gasteiger partial charge in [-0.05, 0) is 25.0 Å². The smallest absolute Gasteiger partial charge is 0.307 e. The fourth-order valence-electron chi connectivity index (χ4n) is 2.48. The summed E-state index contributed by atoms with van der Waals surface area (Å²) >= 11 is 0. The number of carbonyl (C=O) groups excluding carboxylic acids is 1. The van der Waals surface area contributed by atoms with Crippen molar-refractivity contribution in [2.75, 3.05) is 0 Å². The van der Waals surface area contributed by atoms with Gasteiger partial charge in [0.15, 0.2) is 0 Å². The molecule has 1 aliphatic rings. The lowest BCUT2D eigenvalue weighted by atomic mass is 9.79. The molecule has 1 aliphatic carbocycles. The topological polar surface area (TPSA) is 92.2 Å². The van der Waals surface area contributed by atoms with Crippen LogP contribution in [0.4, 0.5) is 0 Å². The van der Waals surface area contributed by atoms with Crippen molar-refractivity contribution in [1.29, 1.82) is 0 Å². The number of rotatable bonds is 4. The largest absolute Gasteiger partial charge is 0.481 e. The summed E-state index contributed by atoms with van der Waals surface area (Å²) in [5.74, 6) is -2.06. The summed E-state index contributed by atoms with van der Waals surface area (Å²) in [6, 6.07) is 3.51. The van der Waals surface area contributed by atoms with Crippen LogP contribution in [0.2, 0.25) is 0 Å². The first-order valence-corrected chi connectivity index (χ1v) is 6.45. The van der Waals surface area contributed by atoms with Crippen molar-refractivity contribution in [3.63, 3.8) is 0 Å². The summed E-state index contributed by atoms with van der Waals surface area (Å²) in [6.07, 6.45) is 4.58. The van der Waals surface area contributed by atoms with Gasteiger partial charge in [0.2, 0.25) is 5.91 Å². The zero-order valence-corrected chi connectivity index (χ0v) is 10.6. The van der Waals surface area contributed by atoms with Crippen LogP contribution in [-0.4, -0.2) is 27.2 Å². The predicted octanol–water partition coefficient (Wildman–Crippen LogP) is 0.984. The lowest BCUT2D eigenvalue weighted by Gasteiger charge is -2.27. The van der Waals surface area contributed by atoms with E-state index >= 15 is 0 Å². The highest BCUT2D eigenvalue weighted by Crippen LogP contribution is 2.30. The SMILES string of the molecule is O=C(O)C1CCCCC1C(=O)NCc1cccnn1. The average Bonchev–Trinajstić information content (AvgIpc) is 2.46. The lowest BCUT2D eigenvalue weighted by molar-refractivity contribution is -0.148. The normalized spacial score (nSPS) is 22.7. The molecule has 0 spiro atoms. The van der Waals surface area contributed by atoms with Crippen LogP contribution in [-0.2, 0) is 16.1 Å². The van der Waals surface area contributed by atoms with E-state index in [1.165, 1.54) is 0 Å². The van der Waals surface area contributed by atoms with Gasteiger partial charge in [0, 0.05) is 6.20 Å². The molecule has 6 heteroatoms. The Bertz CT molecular complexity index is 450. The van der Waals surface area contributed by atoms with Crippen LogP contribution < -0.4 is 5.32 Å². The van der Waals surface area contributed by atoms with Crippen molar-refractivity contribution in [3.05, 3.63) is 24.0 Å². The molecule has 19 heavy (non-hydrogen) atoms. The Kier molecular flexibility index (Phi) is 4.43. The van der Waals surface area contributed by atoms with Crippen LogP contribution in [0.3, 0.4) is 0 Å². The number of aliphatic carboxylic acids is 1. The Labute approximate surface area is 111 Å². The molecule has 0 radical (unpaired) electrons. The standard InChI is InChI=1S/C13H17N3O3/c17-12(14-8-9-4-3-7-15-16-9)10-5-1-2-6-11(10)13(18)19/h3-4,7,10-11H,1-2,5-6,8H2,(H,14,17)(H,18,19).